The van der Waals surface area contributed by atoms with Gasteiger partial charge in [0.05, 0.1) is 6.61 Å². The minimum absolute atomic E-state index is 0.0556. The minimum atomic E-state index is -0.924. The van der Waals surface area contributed by atoms with Gasteiger partial charge in [0.25, 0.3) is 5.56 Å². The second-order valence-corrected chi connectivity index (χ2v) is 4.83. The lowest BCUT2D eigenvalue weighted by atomic mass is 9.80. The molecule has 0 amide bonds. The third-order valence-corrected chi connectivity index (χ3v) is 3.36. The van der Waals surface area contributed by atoms with E-state index in [9.17, 15) is 9.82 Å². The number of nitrogens with zero attached hydrogens (tertiary/aromatic N) is 1. The Labute approximate surface area is 124 Å². The van der Waals surface area contributed by atoms with Crippen LogP contribution in [-0.2, 0) is 11.3 Å². The Morgan fingerprint density at radius 2 is 2.29 bits per heavy atom. The summed E-state index contributed by atoms with van der Waals surface area (Å²) in [5.74, 6) is 0.494. The first-order valence-electron chi connectivity index (χ1n) is 6.02. The summed E-state index contributed by atoms with van der Waals surface area (Å²) >= 11 is 5.96. The molecule has 0 saturated heterocycles. The van der Waals surface area contributed by atoms with Gasteiger partial charge in [0.1, 0.15) is 22.4 Å². The van der Waals surface area contributed by atoms with Gasteiger partial charge >= 0.3 is 7.12 Å². The maximum absolute atomic E-state index is 11.6. The standard InChI is InChI=1S/C13H8BClN2O4/c15-11-4-7(5-16)12(18)17-13(11)21-9-1-2-10-8(3-9)6-20-14(10)19/h1-4,19H,6H2,(H,17,18). The highest BCUT2D eigenvalue weighted by Crippen LogP contribution is 2.27. The molecule has 21 heavy (non-hydrogen) atoms. The first kappa shape index (κ1) is 13.7. The molecule has 1 aliphatic rings. The van der Waals surface area contributed by atoms with Crippen LogP contribution < -0.4 is 15.8 Å². The number of aromatic amines is 1. The summed E-state index contributed by atoms with van der Waals surface area (Å²) in [5.41, 5.74) is 0.823. The van der Waals surface area contributed by atoms with E-state index in [1.54, 1.807) is 24.3 Å². The fourth-order valence-electron chi connectivity index (χ4n) is 2.03. The van der Waals surface area contributed by atoms with E-state index in [1.807, 2.05) is 0 Å². The Morgan fingerprint density at radius 3 is 3.05 bits per heavy atom. The van der Waals surface area contributed by atoms with E-state index < -0.39 is 12.7 Å². The predicted octanol–water partition coefficient (Wildman–Crippen LogP) is 0.910. The van der Waals surface area contributed by atoms with Crippen molar-refractivity contribution >= 4 is 24.2 Å². The second kappa shape index (κ2) is 5.26. The Balaban J connectivity index is 1.93. The van der Waals surface area contributed by atoms with Crippen LogP contribution in [0, 0.1) is 11.3 Å². The zero-order valence-electron chi connectivity index (χ0n) is 10.6. The van der Waals surface area contributed by atoms with E-state index in [4.69, 9.17) is 26.3 Å². The molecule has 0 radical (unpaired) electrons. The molecular formula is C13H8BClN2O4. The summed E-state index contributed by atoms with van der Waals surface area (Å²) in [7, 11) is -0.924. The third-order valence-electron chi connectivity index (χ3n) is 3.08. The summed E-state index contributed by atoms with van der Waals surface area (Å²) in [6.45, 7) is 0.283. The van der Waals surface area contributed by atoms with Crippen molar-refractivity contribution in [1.82, 2.24) is 4.98 Å². The van der Waals surface area contributed by atoms with Crippen LogP contribution in [0.1, 0.15) is 11.1 Å². The van der Waals surface area contributed by atoms with E-state index >= 15 is 0 Å². The fraction of sp³-hybridized carbons (Fsp3) is 0.0769. The van der Waals surface area contributed by atoms with E-state index in [0.717, 1.165) is 5.56 Å². The molecule has 0 spiro atoms. The Bertz CT molecular complexity index is 815. The highest BCUT2D eigenvalue weighted by Gasteiger charge is 2.27. The SMILES string of the molecule is N#Cc1cc(Cl)c(Oc2ccc3c(c2)COB3O)[nH]c1=O. The van der Waals surface area contributed by atoms with Crippen LogP contribution in [0.3, 0.4) is 0 Å². The van der Waals surface area contributed by atoms with Gasteiger partial charge in [-0.25, -0.2) is 0 Å². The lowest BCUT2D eigenvalue weighted by Crippen LogP contribution is -2.27. The smallest absolute Gasteiger partial charge is 0.439 e. The molecule has 1 aliphatic heterocycles. The number of hydrogen-bond donors (Lipinski definition) is 2. The first-order valence-corrected chi connectivity index (χ1v) is 6.39. The number of aromatic nitrogens is 1. The zero-order chi connectivity index (χ0) is 15.0. The zero-order valence-corrected chi connectivity index (χ0v) is 11.3. The van der Waals surface area contributed by atoms with Gasteiger partial charge in [-0.05, 0) is 29.2 Å². The molecule has 2 aromatic rings. The molecule has 0 unspecified atom stereocenters. The van der Waals surface area contributed by atoms with Crippen molar-refractivity contribution in [2.24, 2.45) is 0 Å². The number of nitriles is 1. The number of pyridine rings is 1. The molecule has 0 atom stereocenters. The number of fused-ring (bicyclic) bond motifs is 1. The molecule has 1 aromatic carbocycles. The molecule has 2 heterocycles. The van der Waals surface area contributed by atoms with Crippen molar-refractivity contribution < 1.29 is 14.4 Å². The Kier molecular flexibility index (Phi) is 3.43. The van der Waals surface area contributed by atoms with Gasteiger partial charge in [-0.15, -0.1) is 0 Å². The van der Waals surface area contributed by atoms with Crippen molar-refractivity contribution in [1.29, 1.82) is 5.26 Å². The molecule has 2 N–H and O–H groups in total. The maximum Gasteiger partial charge on any atom is 0.491 e. The van der Waals surface area contributed by atoms with Gasteiger partial charge in [-0.1, -0.05) is 17.7 Å². The lowest BCUT2D eigenvalue weighted by Gasteiger charge is -2.08. The second-order valence-electron chi connectivity index (χ2n) is 4.43. The van der Waals surface area contributed by atoms with Crippen LogP contribution >= 0.6 is 11.6 Å². The van der Waals surface area contributed by atoms with Gasteiger partial charge in [0.15, 0.2) is 0 Å². The average Bonchev–Trinajstić information content (AvgIpc) is 2.83. The highest BCUT2D eigenvalue weighted by atomic mass is 35.5. The van der Waals surface area contributed by atoms with Gasteiger partial charge in [0.2, 0.25) is 5.88 Å². The maximum atomic E-state index is 11.6. The monoisotopic (exact) mass is 302 g/mol. The summed E-state index contributed by atoms with van der Waals surface area (Å²) < 4.78 is 10.6. The number of benzene rings is 1. The molecular weight excluding hydrogens is 294 g/mol. The van der Waals surface area contributed by atoms with E-state index in [2.05, 4.69) is 4.98 Å². The van der Waals surface area contributed by atoms with Crippen LogP contribution in [0.15, 0.2) is 29.1 Å². The Hall–Kier alpha value is -2.27. The first-order chi connectivity index (χ1) is 10.1. The third kappa shape index (κ3) is 2.52. The molecule has 6 nitrogen and oxygen atoms in total. The topological polar surface area (TPSA) is 95.3 Å². The molecule has 0 fully saturated rings. The average molecular weight is 302 g/mol. The largest absolute Gasteiger partial charge is 0.491 e. The van der Waals surface area contributed by atoms with Crippen molar-refractivity contribution in [2.75, 3.05) is 0 Å². The fourth-order valence-corrected chi connectivity index (χ4v) is 2.23. The Morgan fingerprint density at radius 1 is 1.48 bits per heavy atom. The summed E-state index contributed by atoms with van der Waals surface area (Å²) in [5, 5.41) is 18.4. The number of H-pyrrole nitrogens is 1. The van der Waals surface area contributed by atoms with Crippen LogP contribution in [0.2, 0.25) is 5.02 Å². The van der Waals surface area contributed by atoms with Crippen molar-refractivity contribution in [3.8, 4) is 17.7 Å². The van der Waals surface area contributed by atoms with Crippen LogP contribution in [-0.4, -0.2) is 17.1 Å². The van der Waals surface area contributed by atoms with E-state index in [-0.39, 0.29) is 23.1 Å². The predicted molar refractivity (Wildman–Crippen MR) is 75.7 cm³/mol. The lowest BCUT2D eigenvalue weighted by molar-refractivity contribution is 0.275. The summed E-state index contributed by atoms with van der Waals surface area (Å²) in [6, 6.07) is 7.98. The molecule has 0 saturated carbocycles. The van der Waals surface area contributed by atoms with E-state index in [1.165, 1.54) is 6.07 Å². The highest BCUT2D eigenvalue weighted by molar-refractivity contribution is 6.61. The minimum Gasteiger partial charge on any atom is -0.439 e. The molecule has 0 bridgehead atoms. The number of hydrogen-bond acceptors (Lipinski definition) is 5. The van der Waals surface area contributed by atoms with E-state index in [0.29, 0.717) is 11.2 Å². The van der Waals surface area contributed by atoms with Gasteiger partial charge in [-0.3, -0.25) is 9.78 Å². The van der Waals surface area contributed by atoms with Gasteiger partial charge < -0.3 is 14.4 Å². The number of ether oxygens (including phenoxy) is 1. The van der Waals surface area contributed by atoms with Crippen LogP contribution in [0.25, 0.3) is 0 Å². The van der Waals surface area contributed by atoms with Gasteiger partial charge in [0, 0.05) is 0 Å². The van der Waals surface area contributed by atoms with Crippen LogP contribution in [0.5, 0.6) is 11.6 Å². The summed E-state index contributed by atoms with van der Waals surface area (Å²) in [6.07, 6.45) is 0. The van der Waals surface area contributed by atoms with Crippen molar-refractivity contribution in [3.05, 3.63) is 50.8 Å². The number of rotatable bonds is 2. The van der Waals surface area contributed by atoms with Gasteiger partial charge in [-0.2, -0.15) is 5.26 Å². The van der Waals surface area contributed by atoms with Crippen molar-refractivity contribution in [3.63, 3.8) is 0 Å². The molecule has 8 heteroatoms. The summed E-state index contributed by atoms with van der Waals surface area (Å²) in [4.78, 5) is 14.0. The molecule has 104 valence electrons. The quantitative estimate of drug-likeness (QED) is 0.804. The molecule has 1 aromatic heterocycles. The van der Waals surface area contributed by atoms with Crippen LogP contribution in [0.4, 0.5) is 0 Å². The molecule has 3 rings (SSSR count). The van der Waals surface area contributed by atoms with Crippen molar-refractivity contribution in [2.45, 2.75) is 6.61 Å². The number of halogens is 1. The normalized spacial score (nSPS) is 12.9. The number of nitrogens with one attached hydrogen (secondary N) is 1. The molecule has 0 aliphatic carbocycles.